The number of piperazine rings is 1. The maximum atomic E-state index is 13.1. The number of nitrogens with one attached hydrogen (secondary N) is 2. The summed E-state index contributed by atoms with van der Waals surface area (Å²) in [5, 5.41) is 6.26. The van der Waals surface area contributed by atoms with Gasteiger partial charge in [-0.3, -0.25) is 14.6 Å². The molecule has 2 aliphatic rings. The van der Waals surface area contributed by atoms with Gasteiger partial charge in [0.25, 0.3) is 5.88 Å². The number of hydrogen-bond donors (Lipinski definition) is 2. The maximum Gasteiger partial charge on any atom is 0.328 e. The summed E-state index contributed by atoms with van der Waals surface area (Å²) in [6.45, 7) is 6.32. The van der Waals surface area contributed by atoms with Crippen molar-refractivity contribution in [3.8, 4) is 5.88 Å². The first-order chi connectivity index (χ1) is 14.6. The number of imidazole rings is 1. The number of aryl methyl sites for hydroxylation is 1. The van der Waals surface area contributed by atoms with Crippen LogP contribution in [0.5, 0.6) is 5.88 Å². The predicted octanol–water partition coefficient (Wildman–Crippen LogP) is 1.45. The van der Waals surface area contributed by atoms with Gasteiger partial charge in [0.05, 0.1) is 19.0 Å². The van der Waals surface area contributed by atoms with Crippen LogP contribution < -0.4 is 25.2 Å². The standard InChI is InChI=1S/C20H24N8O2/c1-13-11-27-12-16(24-19(30-2)18(27)23-13)25-20(29)28-8-4-14-15(3-5-22-17(14)28)26-9-6-21-7-10-26/h3,5,11-12,21H,4,6-10H2,1-2H3,(H,25,29). The van der Waals surface area contributed by atoms with Gasteiger partial charge in [-0.2, -0.15) is 4.98 Å². The summed E-state index contributed by atoms with van der Waals surface area (Å²) in [6.07, 6.45) is 6.16. The third kappa shape index (κ3) is 3.18. The lowest BCUT2D eigenvalue weighted by molar-refractivity contribution is 0.257. The number of methoxy groups -OCH3 is 1. The number of ether oxygens (including phenoxy) is 1. The Morgan fingerprint density at radius 3 is 2.83 bits per heavy atom. The SMILES string of the molecule is COc1nc(NC(=O)N2CCc3c(N4CCNCC4)ccnc32)cn2cc(C)nc12. The molecule has 2 amide bonds. The summed E-state index contributed by atoms with van der Waals surface area (Å²) >= 11 is 0. The zero-order valence-electron chi connectivity index (χ0n) is 17.1. The van der Waals surface area contributed by atoms with Crippen molar-refractivity contribution in [3.63, 3.8) is 0 Å². The molecule has 1 fully saturated rings. The van der Waals surface area contributed by atoms with Gasteiger partial charge in [0, 0.05) is 56.4 Å². The van der Waals surface area contributed by atoms with Gasteiger partial charge >= 0.3 is 6.03 Å². The van der Waals surface area contributed by atoms with Gasteiger partial charge < -0.3 is 15.0 Å². The number of carbonyl (C=O) groups excluding carboxylic acids is 1. The molecule has 10 nitrogen and oxygen atoms in total. The van der Waals surface area contributed by atoms with Crippen molar-refractivity contribution in [2.24, 2.45) is 0 Å². The van der Waals surface area contributed by atoms with Crippen LogP contribution in [-0.2, 0) is 6.42 Å². The molecule has 0 unspecified atom stereocenters. The minimum atomic E-state index is -0.260. The van der Waals surface area contributed by atoms with E-state index in [0.717, 1.165) is 49.7 Å². The van der Waals surface area contributed by atoms with E-state index in [9.17, 15) is 4.79 Å². The Bertz CT molecular complexity index is 1110. The molecule has 5 heterocycles. The molecule has 0 spiro atoms. The molecule has 5 rings (SSSR count). The summed E-state index contributed by atoms with van der Waals surface area (Å²) < 4.78 is 7.15. The van der Waals surface area contributed by atoms with Gasteiger partial charge in [-0.15, -0.1) is 0 Å². The minimum absolute atomic E-state index is 0.260. The molecule has 0 atom stereocenters. The number of pyridine rings is 1. The van der Waals surface area contributed by atoms with Crippen molar-refractivity contribution in [1.82, 2.24) is 24.7 Å². The van der Waals surface area contributed by atoms with Crippen LogP contribution in [0, 0.1) is 6.92 Å². The zero-order chi connectivity index (χ0) is 20.7. The highest BCUT2D eigenvalue weighted by Gasteiger charge is 2.30. The Kier molecular flexibility index (Phi) is 4.62. The van der Waals surface area contributed by atoms with Gasteiger partial charge in [0.15, 0.2) is 5.82 Å². The molecular formula is C20H24N8O2. The van der Waals surface area contributed by atoms with Crippen molar-refractivity contribution in [2.45, 2.75) is 13.3 Å². The molecule has 0 saturated carbocycles. The first-order valence-electron chi connectivity index (χ1n) is 10.1. The van der Waals surface area contributed by atoms with E-state index in [-0.39, 0.29) is 6.03 Å². The van der Waals surface area contributed by atoms with Crippen molar-refractivity contribution in [3.05, 3.63) is 35.9 Å². The first kappa shape index (κ1) is 18.6. The molecule has 0 aliphatic carbocycles. The normalized spacial score (nSPS) is 16.1. The molecule has 3 aromatic heterocycles. The van der Waals surface area contributed by atoms with Crippen LogP contribution in [0.4, 0.5) is 22.1 Å². The molecule has 0 aromatic carbocycles. The van der Waals surface area contributed by atoms with Gasteiger partial charge in [-0.05, 0) is 19.4 Å². The van der Waals surface area contributed by atoms with Crippen LogP contribution in [0.2, 0.25) is 0 Å². The van der Waals surface area contributed by atoms with Crippen molar-refractivity contribution in [1.29, 1.82) is 0 Å². The first-order valence-corrected chi connectivity index (χ1v) is 10.1. The topological polar surface area (TPSA) is 99.9 Å². The second-order valence-electron chi connectivity index (χ2n) is 7.45. The average molecular weight is 408 g/mol. The highest BCUT2D eigenvalue weighted by Crippen LogP contribution is 2.34. The number of urea groups is 1. The lowest BCUT2D eigenvalue weighted by atomic mass is 10.1. The zero-order valence-corrected chi connectivity index (χ0v) is 17.1. The Morgan fingerprint density at radius 2 is 2.03 bits per heavy atom. The molecule has 10 heteroatoms. The second-order valence-corrected chi connectivity index (χ2v) is 7.45. The van der Waals surface area contributed by atoms with Crippen molar-refractivity contribution in [2.75, 3.05) is 55.0 Å². The molecule has 3 aromatic rings. The van der Waals surface area contributed by atoms with E-state index in [2.05, 4.69) is 30.5 Å². The van der Waals surface area contributed by atoms with Crippen LogP contribution in [0.1, 0.15) is 11.3 Å². The Hall–Kier alpha value is -3.40. The van der Waals surface area contributed by atoms with Crippen LogP contribution in [-0.4, -0.2) is 65.2 Å². The second kappa shape index (κ2) is 7.45. The number of amides is 2. The summed E-state index contributed by atoms with van der Waals surface area (Å²) in [6, 6.07) is 1.79. The molecule has 0 radical (unpaired) electrons. The summed E-state index contributed by atoms with van der Waals surface area (Å²) in [5.74, 6) is 1.48. The van der Waals surface area contributed by atoms with Gasteiger partial charge in [0.2, 0.25) is 5.65 Å². The van der Waals surface area contributed by atoms with Gasteiger partial charge in [-0.1, -0.05) is 0 Å². The van der Waals surface area contributed by atoms with E-state index in [1.165, 1.54) is 12.8 Å². The highest BCUT2D eigenvalue weighted by molar-refractivity contribution is 6.02. The van der Waals surface area contributed by atoms with E-state index in [4.69, 9.17) is 4.74 Å². The smallest absolute Gasteiger partial charge is 0.328 e. The molecule has 156 valence electrons. The molecule has 0 bridgehead atoms. The third-order valence-electron chi connectivity index (χ3n) is 5.51. The molecular weight excluding hydrogens is 384 g/mol. The third-order valence-corrected chi connectivity index (χ3v) is 5.51. The minimum Gasteiger partial charge on any atom is -0.478 e. The van der Waals surface area contributed by atoms with Crippen LogP contribution in [0.25, 0.3) is 5.65 Å². The lowest BCUT2D eigenvalue weighted by Crippen LogP contribution is -2.43. The number of hydrogen-bond acceptors (Lipinski definition) is 7. The summed E-state index contributed by atoms with van der Waals surface area (Å²) in [5.41, 5.74) is 3.76. The van der Waals surface area contributed by atoms with E-state index >= 15 is 0 Å². The van der Waals surface area contributed by atoms with E-state index in [0.29, 0.717) is 23.9 Å². The van der Waals surface area contributed by atoms with Crippen molar-refractivity contribution < 1.29 is 9.53 Å². The van der Waals surface area contributed by atoms with Crippen LogP contribution in [0.3, 0.4) is 0 Å². The van der Waals surface area contributed by atoms with Crippen LogP contribution in [0.15, 0.2) is 24.7 Å². The molecule has 2 aliphatic heterocycles. The molecule has 2 N–H and O–H groups in total. The monoisotopic (exact) mass is 408 g/mol. The van der Waals surface area contributed by atoms with E-state index < -0.39 is 0 Å². The number of fused-ring (bicyclic) bond motifs is 2. The average Bonchev–Trinajstić information content (AvgIpc) is 3.36. The van der Waals surface area contributed by atoms with Gasteiger partial charge in [-0.25, -0.2) is 14.8 Å². The fourth-order valence-corrected chi connectivity index (χ4v) is 4.14. The Balaban J connectivity index is 1.41. The summed E-state index contributed by atoms with van der Waals surface area (Å²) in [7, 11) is 1.54. The quantitative estimate of drug-likeness (QED) is 0.677. The number of aromatic nitrogens is 4. The fraction of sp³-hybridized carbons (Fsp3) is 0.400. The van der Waals surface area contributed by atoms with Crippen molar-refractivity contribution >= 4 is 29.0 Å². The predicted molar refractivity (Wildman–Crippen MR) is 114 cm³/mol. The largest absolute Gasteiger partial charge is 0.478 e. The number of rotatable bonds is 3. The van der Waals surface area contributed by atoms with Gasteiger partial charge in [0.1, 0.15) is 5.82 Å². The Labute approximate surface area is 173 Å². The molecule has 30 heavy (non-hydrogen) atoms. The highest BCUT2D eigenvalue weighted by atomic mass is 16.5. The molecule has 1 saturated heterocycles. The number of anilines is 3. The number of carbonyl (C=O) groups is 1. The van der Waals surface area contributed by atoms with Crippen LogP contribution >= 0.6 is 0 Å². The Morgan fingerprint density at radius 1 is 1.20 bits per heavy atom. The maximum absolute atomic E-state index is 13.1. The number of nitrogens with zero attached hydrogens (tertiary/aromatic N) is 6. The van der Waals surface area contributed by atoms with E-state index in [1.807, 2.05) is 19.2 Å². The lowest BCUT2D eigenvalue weighted by Gasteiger charge is -2.30. The summed E-state index contributed by atoms with van der Waals surface area (Å²) in [4.78, 5) is 30.4. The fourth-order valence-electron chi connectivity index (χ4n) is 4.14. The van der Waals surface area contributed by atoms with E-state index in [1.54, 1.807) is 21.7 Å².